The fraction of sp³-hybridized carbons (Fsp3) is 0.455. The normalized spacial score (nSPS) is 11.3. The average Bonchev–Trinajstić information content (AvgIpc) is 2.20. The van der Waals surface area contributed by atoms with E-state index in [9.17, 15) is 9.59 Å². The standard InChI is InChI=1S/C11H16BrN3O2/c1-11(2,13)7-14-9(16)6-15-5-8(12)3-4-10(15)17/h3-5H,6-7,13H2,1-2H3,(H,14,16). The lowest BCUT2D eigenvalue weighted by molar-refractivity contribution is -0.121. The van der Waals surface area contributed by atoms with Gasteiger partial charge in [-0.3, -0.25) is 9.59 Å². The fourth-order valence-electron chi connectivity index (χ4n) is 1.16. The number of carbonyl (C=O) groups excluding carboxylic acids is 1. The predicted molar refractivity (Wildman–Crippen MR) is 69.7 cm³/mol. The third-order valence-electron chi connectivity index (χ3n) is 2.00. The molecule has 0 aliphatic carbocycles. The Morgan fingerprint density at radius 2 is 2.18 bits per heavy atom. The first-order chi connectivity index (χ1) is 7.78. The third-order valence-corrected chi connectivity index (χ3v) is 2.47. The summed E-state index contributed by atoms with van der Waals surface area (Å²) >= 11 is 3.25. The highest BCUT2D eigenvalue weighted by Gasteiger charge is 2.12. The summed E-state index contributed by atoms with van der Waals surface area (Å²) in [5.74, 6) is -0.233. The SMILES string of the molecule is CC(C)(N)CNC(=O)Cn1cc(Br)ccc1=O. The zero-order chi connectivity index (χ0) is 13.1. The zero-order valence-electron chi connectivity index (χ0n) is 9.87. The van der Waals surface area contributed by atoms with Crippen molar-refractivity contribution >= 4 is 21.8 Å². The summed E-state index contributed by atoms with van der Waals surface area (Å²) in [4.78, 5) is 23.0. The highest BCUT2D eigenvalue weighted by Crippen LogP contribution is 2.04. The minimum Gasteiger partial charge on any atom is -0.353 e. The maximum Gasteiger partial charge on any atom is 0.251 e. The first-order valence-corrected chi connectivity index (χ1v) is 5.99. The van der Waals surface area contributed by atoms with Gasteiger partial charge in [-0.25, -0.2) is 0 Å². The Kier molecular flexibility index (Phi) is 4.47. The Bertz CT molecular complexity index is 463. The number of amides is 1. The Hall–Kier alpha value is -1.14. The lowest BCUT2D eigenvalue weighted by Gasteiger charge is -2.19. The van der Waals surface area contributed by atoms with Crippen LogP contribution >= 0.6 is 15.9 Å². The van der Waals surface area contributed by atoms with Gasteiger partial charge in [-0.05, 0) is 35.8 Å². The Morgan fingerprint density at radius 1 is 1.53 bits per heavy atom. The van der Waals surface area contributed by atoms with E-state index in [-0.39, 0.29) is 18.0 Å². The molecule has 0 aromatic carbocycles. The molecule has 0 bridgehead atoms. The van der Waals surface area contributed by atoms with Gasteiger partial charge in [0.25, 0.3) is 5.56 Å². The summed E-state index contributed by atoms with van der Waals surface area (Å²) in [6, 6.07) is 3.05. The van der Waals surface area contributed by atoms with Gasteiger partial charge in [0.05, 0.1) is 0 Å². The number of carbonyl (C=O) groups is 1. The van der Waals surface area contributed by atoms with Crippen LogP contribution in [0.2, 0.25) is 0 Å². The molecule has 1 amide bonds. The fourth-order valence-corrected chi connectivity index (χ4v) is 1.54. The van der Waals surface area contributed by atoms with E-state index >= 15 is 0 Å². The van der Waals surface area contributed by atoms with Gasteiger partial charge in [0.1, 0.15) is 6.54 Å². The van der Waals surface area contributed by atoms with Crippen LogP contribution in [0.25, 0.3) is 0 Å². The molecule has 0 saturated carbocycles. The van der Waals surface area contributed by atoms with E-state index in [2.05, 4.69) is 21.2 Å². The Balaban J connectivity index is 2.62. The van der Waals surface area contributed by atoms with Crippen molar-refractivity contribution in [2.24, 2.45) is 5.73 Å². The molecule has 0 fully saturated rings. The van der Waals surface area contributed by atoms with Gasteiger partial charge in [-0.1, -0.05) is 0 Å². The number of nitrogens with one attached hydrogen (secondary N) is 1. The van der Waals surface area contributed by atoms with Gasteiger partial charge in [0.2, 0.25) is 5.91 Å². The zero-order valence-corrected chi connectivity index (χ0v) is 11.5. The number of halogens is 1. The minimum atomic E-state index is -0.460. The van der Waals surface area contributed by atoms with Crippen molar-refractivity contribution in [3.05, 3.63) is 33.2 Å². The Labute approximate surface area is 108 Å². The first kappa shape index (κ1) is 13.9. The smallest absolute Gasteiger partial charge is 0.251 e. The molecule has 0 spiro atoms. The molecule has 1 heterocycles. The highest BCUT2D eigenvalue weighted by molar-refractivity contribution is 9.10. The molecule has 17 heavy (non-hydrogen) atoms. The number of hydrogen-bond donors (Lipinski definition) is 2. The van der Waals surface area contributed by atoms with Crippen LogP contribution in [-0.4, -0.2) is 22.6 Å². The van der Waals surface area contributed by atoms with Crippen LogP contribution in [0.5, 0.6) is 0 Å². The van der Waals surface area contributed by atoms with E-state index < -0.39 is 5.54 Å². The molecule has 1 aromatic heterocycles. The second-order valence-electron chi connectivity index (χ2n) is 4.58. The molecule has 0 saturated heterocycles. The van der Waals surface area contributed by atoms with Crippen LogP contribution in [0.4, 0.5) is 0 Å². The van der Waals surface area contributed by atoms with Gasteiger partial charge < -0.3 is 15.6 Å². The largest absolute Gasteiger partial charge is 0.353 e. The lowest BCUT2D eigenvalue weighted by atomic mass is 10.1. The first-order valence-electron chi connectivity index (χ1n) is 5.19. The summed E-state index contributed by atoms with van der Waals surface area (Å²) in [7, 11) is 0. The van der Waals surface area contributed by atoms with Crippen LogP contribution in [0.15, 0.2) is 27.6 Å². The number of rotatable bonds is 4. The highest BCUT2D eigenvalue weighted by atomic mass is 79.9. The molecule has 1 rings (SSSR count). The molecule has 94 valence electrons. The number of hydrogen-bond acceptors (Lipinski definition) is 3. The van der Waals surface area contributed by atoms with E-state index in [4.69, 9.17) is 5.73 Å². The summed E-state index contributed by atoms with van der Waals surface area (Å²) in [5, 5.41) is 2.68. The summed E-state index contributed by atoms with van der Waals surface area (Å²) in [6.45, 7) is 4.00. The van der Waals surface area contributed by atoms with Crippen molar-refractivity contribution in [1.29, 1.82) is 0 Å². The van der Waals surface area contributed by atoms with Crippen LogP contribution < -0.4 is 16.6 Å². The van der Waals surface area contributed by atoms with E-state index in [1.54, 1.807) is 12.3 Å². The minimum absolute atomic E-state index is 0.00560. The number of nitrogens with two attached hydrogens (primary N) is 1. The van der Waals surface area contributed by atoms with E-state index in [0.717, 1.165) is 4.47 Å². The topological polar surface area (TPSA) is 77.1 Å². The molecular weight excluding hydrogens is 286 g/mol. The molecular formula is C11H16BrN3O2. The molecule has 1 aromatic rings. The van der Waals surface area contributed by atoms with Gasteiger partial charge in [0.15, 0.2) is 0 Å². The molecule has 0 radical (unpaired) electrons. The second kappa shape index (κ2) is 5.46. The lowest BCUT2D eigenvalue weighted by Crippen LogP contribution is -2.46. The van der Waals surface area contributed by atoms with Crippen molar-refractivity contribution in [2.45, 2.75) is 25.9 Å². The second-order valence-corrected chi connectivity index (χ2v) is 5.49. The molecule has 0 atom stereocenters. The maximum atomic E-state index is 11.6. The van der Waals surface area contributed by atoms with E-state index in [0.29, 0.717) is 6.54 Å². The molecule has 0 aliphatic heterocycles. The average molecular weight is 302 g/mol. The quantitative estimate of drug-likeness (QED) is 0.848. The van der Waals surface area contributed by atoms with Crippen molar-refractivity contribution in [2.75, 3.05) is 6.54 Å². The van der Waals surface area contributed by atoms with Crippen LogP contribution in [-0.2, 0) is 11.3 Å². The maximum absolute atomic E-state index is 11.6. The molecule has 5 nitrogen and oxygen atoms in total. The molecule has 6 heteroatoms. The van der Waals surface area contributed by atoms with Crippen molar-refractivity contribution in [1.82, 2.24) is 9.88 Å². The van der Waals surface area contributed by atoms with E-state index in [1.807, 2.05) is 13.8 Å². The van der Waals surface area contributed by atoms with Crippen molar-refractivity contribution in [3.63, 3.8) is 0 Å². The van der Waals surface area contributed by atoms with E-state index in [1.165, 1.54) is 10.6 Å². The molecule has 0 aliphatic rings. The van der Waals surface area contributed by atoms with Crippen molar-refractivity contribution in [3.8, 4) is 0 Å². The summed E-state index contributed by atoms with van der Waals surface area (Å²) in [5.41, 5.74) is 5.07. The van der Waals surface area contributed by atoms with Gasteiger partial charge in [-0.15, -0.1) is 0 Å². The van der Waals surface area contributed by atoms with Crippen LogP contribution in [0.1, 0.15) is 13.8 Å². The summed E-state index contributed by atoms with van der Waals surface area (Å²) in [6.07, 6.45) is 1.58. The van der Waals surface area contributed by atoms with Gasteiger partial charge in [-0.2, -0.15) is 0 Å². The number of aromatic nitrogens is 1. The van der Waals surface area contributed by atoms with Crippen LogP contribution in [0.3, 0.4) is 0 Å². The van der Waals surface area contributed by atoms with Crippen molar-refractivity contribution < 1.29 is 4.79 Å². The number of pyridine rings is 1. The predicted octanol–water partition coefficient (Wildman–Crippen LogP) is 0.464. The summed E-state index contributed by atoms with van der Waals surface area (Å²) < 4.78 is 2.09. The van der Waals surface area contributed by atoms with Gasteiger partial charge >= 0.3 is 0 Å². The number of nitrogens with zero attached hydrogens (tertiary/aromatic N) is 1. The molecule has 0 unspecified atom stereocenters. The van der Waals surface area contributed by atoms with Gasteiger partial charge in [0, 0.05) is 28.8 Å². The monoisotopic (exact) mass is 301 g/mol. The third kappa shape index (κ3) is 5.14. The van der Waals surface area contributed by atoms with Crippen LogP contribution in [0, 0.1) is 0 Å². The molecule has 3 N–H and O–H groups in total. The Morgan fingerprint density at radius 3 is 2.76 bits per heavy atom.